The molecule has 3 nitrogen and oxygen atoms in total. The lowest BCUT2D eigenvalue weighted by molar-refractivity contribution is 0.0714. The first-order chi connectivity index (χ1) is 8.17. The van der Waals surface area contributed by atoms with Gasteiger partial charge in [-0.15, -0.1) is 0 Å². The van der Waals surface area contributed by atoms with Gasteiger partial charge >= 0.3 is 0 Å². The Kier molecular flexibility index (Phi) is 5.55. The van der Waals surface area contributed by atoms with Crippen molar-refractivity contribution < 1.29 is 14.6 Å². The number of rotatable bonds is 4. The van der Waals surface area contributed by atoms with E-state index >= 15 is 0 Å². The molecule has 0 saturated heterocycles. The van der Waals surface area contributed by atoms with Gasteiger partial charge in [0.1, 0.15) is 19.0 Å². The zero-order chi connectivity index (χ0) is 12.7. The van der Waals surface area contributed by atoms with Gasteiger partial charge in [-0.3, -0.25) is 0 Å². The van der Waals surface area contributed by atoms with Gasteiger partial charge in [0, 0.05) is 12.7 Å². The van der Waals surface area contributed by atoms with Gasteiger partial charge in [-0.1, -0.05) is 11.8 Å². The third kappa shape index (κ3) is 4.48. The van der Waals surface area contributed by atoms with E-state index in [0.29, 0.717) is 6.61 Å². The third-order valence-corrected chi connectivity index (χ3v) is 2.36. The van der Waals surface area contributed by atoms with Gasteiger partial charge in [0.2, 0.25) is 0 Å². The highest BCUT2D eigenvalue weighted by atomic mass is 16.5. The van der Waals surface area contributed by atoms with Gasteiger partial charge in [0.05, 0.1) is 6.10 Å². The topological polar surface area (TPSA) is 38.7 Å². The Labute approximate surface area is 102 Å². The minimum absolute atomic E-state index is 0.0725. The van der Waals surface area contributed by atoms with Crippen LogP contribution in [-0.4, -0.2) is 31.5 Å². The highest BCUT2D eigenvalue weighted by Crippen LogP contribution is 2.19. The Hall–Kier alpha value is -1.50. The summed E-state index contributed by atoms with van der Waals surface area (Å²) in [5.74, 6) is 6.31. The smallest absolute Gasteiger partial charge is 0.122 e. The third-order valence-electron chi connectivity index (χ3n) is 2.36. The van der Waals surface area contributed by atoms with Crippen LogP contribution in [-0.2, 0) is 4.74 Å². The number of hydrogen-bond donors (Lipinski definition) is 1. The maximum absolute atomic E-state index is 8.61. The van der Waals surface area contributed by atoms with Crippen molar-refractivity contribution in [2.24, 2.45) is 0 Å². The molecular weight excluding hydrogens is 216 g/mol. The monoisotopic (exact) mass is 234 g/mol. The van der Waals surface area contributed by atoms with Crippen LogP contribution in [0.5, 0.6) is 5.75 Å². The van der Waals surface area contributed by atoms with Crippen molar-refractivity contribution in [2.75, 3.05) is 20.3 Å². The predicted octanol–water partition coefficient (Wildman–Crippen LogP) is 1.75. The first kappa shape index (κ1) is 13.6. The van der Waals surface area contributed by atoms with E-state index in [4.69, 9.17) is 14.6 Å². The zero-order valence-electron chi connectivity index (χ0n) is 10.5. The number of hydrogen-bond acceptors (Lipinski definition) is 3. The summed E-state index contributed by atoms with van der Waals surface area (Å²) in [6.07, 6.45) is 0.0725. The molecule has 1 unspecified atom stereocenters. The van der Waals surface area contributed by atoms with E-state index in [1.54, 1.807) is 7.11 Å². The Bertz CT molecular complexity index is 415. The number of aryl methyl sites for hydroxylation is 1. The second-order valence-electron chi connectivity index (χ2n) is 3.80. The zero-order valence-corrected chi connectivity index (χ0v) is 10.5. The molecule has 0 saturated carbocycles. The minimum atomic E-state index is -0.122. The average molecular weight is 234 g/mol. The Balaban J connectivity index is 2.69. The largest absolute Gasteiger partial charge is 0.491 e. The van der Waals surface area contributed by atoms with Crippen molar-refractivity contribution in [1.82, 2.24) is 0 Å². The minimum Gasteiger partial charge on any atom is -0.491 e. The van der Waals surface area contributed by atoms with E-state index in [0.717, 1.165) is 16.9 Å². The molecule has 92 valence electrons. The molecule has 0 aromatic heterocycles. The molecule has 0 aliphatic heterocycles. The summed E-state index contributed by atoms with van der Waals surface area (Å²) < 4.78 is 10.7. The van der Waals surface area contributed by atoms with Crippen LogP contribution in [0.2, 0.25) is 0 Å². The standard InChI is InChI=1S/C14H18O3/c1-11-9-13(5-4-8-15)6-7-14(11)17-10-12(2)16-3/h6-7,9,12,15H,8,10H2,1-3H3. The summed E-state index contributed by atoms with van der Waals surface area (Å²) in [5, 5.41) is 8.61. The fourth-order valence-electron chi connectivity index (χ4n) is 1.31. The second kappa shape index (κ2) is 6.95. The number of aliphatic hydroxyl groups is 1. The maximum atomic E-state index is 8.61. The number of benzene rings is 1. The Morgan fingerprint density at radius 1 is 1.41 bits per heavy atom. The summed E-state index contributed by atoms with van der Waals surface area (Å²) in [7, 11) is 1.66. The van der Waals surface area contributed by atoms with Crippen LogP contribution in [0.1, 0.15) is 18.1 Å². The first-order valence-corrected chi connectivity index (χ1v) is 5.53. The summed E-state index contributed by atoms with van der Waals surface area (Å²) in [4.78, 5) is 0. The van der Waals surface area contributed by atoms with Crippen LogP contribution in [0.4, 0.5) is 0 Å². The molecule has 0 amide bonds. The lowest BCUT2D eigenvalue weighted by Crippen LogP contribution is -2.16. The molecular formula is C14H18O3. The van der Waals surface area contributed by atoms with Crippen LogP contribution in [0.3, 0.4) is 0 Å². The molecule has 17 heavy (non-hydrogen) atoms. The van der Waals surface area contributed by atoms with Crippen molar-refractivity contribution in [1.29, 1.82) is 0 Å². The van der Waals surface area contributed by atoms with Gasteiger partial charge in [-0.05, 0) is 37.6 Å². The summed E-state index contributed by atoms with van der Waals surface area (Å²) in [5.41, 5.74) is 1.90. The van der Waals surface area contributed by atoms with Crippen LogP contribution in [0.15, 0.2) is 18.2 Å². The van der Waals surface area contributed by atoms with E-state index in [1.807, 2.05) is 32.0 Å². The molecule has 1 atom stereocenters. The van der Waals surface area contributed by atoms with Gasteiger partial charge in [0.15, 0.2) is 0 Å². The highest BCUT2D eigenvalue weighted by Gasteiger charge is 2.03. The fourth-order valence-corrected chi connectivity index (χ4v) is 1.31. The summed E-state index contributed by atoms with van der Waals surface area (Å²) in [6.45, 7) is 4.33. The molecule has 0 spiro atoms. The van der Waals surface area contributed by atoms with Crippen LogP contribution in [0.25, 0.3) is 0 Å². The van der Waals surface area contributed by atoms with E-state index in [2.05, 4.69) is 11.8 Å². The van der Waals surface area contributed by atoms with Crippen molar-refractivity contribution in [3.63, 3.8) is 0 Å². The van der Waals surface area contributed by atoms with Gasteiger partial charge in [0.25, 0.3) is 0 Å². The molecule has 1 aromatic carbocycles. The molecule has 0 aliphatic rings. The SMILES string of the molecule is COC(C)COc1ccc(C#CCO)cc1C. The summed E-state index contributed by atoms with van der Waals surface area (Å²) >= 11 is 0. The fraction of sp³-hybridized carbons (Fsp3) is 0.429. The van der Waals surface area contributed by atoms with Gasteiger partial charge < -0.3 is 14.6 Å². The van der Waals surface area contributed by atoms with Crippen LogP contribution < -0.4 is 4.74 Å². The van der Waals surface area contributed by atoms with Crippen molar-refractivity contribution in [3.05, 3.63) is 29.3 Å². The van der Waals surface area contributed by atoms with E-state index < -0.39 is 0 Å². The molecule has 3 heteroatoms. The molecule has 0 aliphatic carbocycles. The molecule has 0 radical (unpaired) electrons. The lowest BCUT2D eigenvalue weighted by Gasteiger charge is -2.13. The molecule has 0 fully saturated rings. The quantitative estimate of drug-likeness (QED) is 0.807. The Morgan fingerprint density at radius 3 is 2.76 bits per heavy atom. The molecule has 0 heterocycles. The lowest BCUT2D eigenvalue weighted by atomic mass is 10.1. The summed E-state index contributed by atoms with van der Waals surface area (Å²) in [6, 6.07) is 5.71. The van der Waals surface area contributed by atoms with Gasteiger partial charge in [-0.2, -0.15) is 0 Å². The van der Waals surface area contributed by atoms with Crippen LogP contribution in [0, 0.1) is 18.8 Å². The van der Waals surface area contributed by atoms with E-state index in [9.17, 15) is 0 Å². The first-order valence-electron chi connectivity index (χ1n) is 5.53. The number of methoxy groups -OCH3 is 1. The Morgan fingerprint density at radius 2 is 2.18 bits per heavy atom. The number of aliphatic hydroxyl groups excluding tert-OH is 1. The average Bonchev–Trinajstić information content (AvgIpc) is 2.34. The molecule has 0 bridgehead atoms. The maximum Gasteiger partial charge on any atom is 0.122 e. The van der Waals surface area contributed by atoms with Crippen LogP contribution >= 0.6 is 0 Å². The van der Waals surface area contributed by atoms with E-state index in [-0.39, 0.29) is 12.7 Å². The molecule has 1 N–H and O–H groups in total. The van der Waals surface area contributed by atoms with Gasteiger partial charge in [-0.25, -0.2) is 0 Å². The van der Waals surface area contributed by atoms with Crippen molar-refractivity contribution in [2.45, 2.75) is 20.0 Å². The van der Waals surface area contributed by atoms with E-state index in [1.165, 1.54) is 0 Å². The van der Waals surface area contributed by atoms with Crippen molar-refractivity contribution in [3.8, 4) is 17.6 Å². The highest BCUT2D eigenvalue weighted by molar-refractivity contribution is 5.43. The molecule has 1 rings (SSSR count). The van der Waals surface area contributed by atoms with Crippen molar-refractivity contribution >= 4 is 0 Å². The molecule has 1 aromatic rings. The second-order valence-corrected chi connectivity index (χ2v) is 3.80. The predicted molar refractivity (Wildman–Crippen MR) is 67.1 cm³/mol. The number of ether oxygens (including phenoxy) is 2. The normalized spacial score (nSPS) is 11.5.